The van der Waals surface area contributed by atoms with Crippen LogP contribution in [0.25, 0.3) is 0 Å². The second kappa shape index (κ2) is 6.85. The molecule has 0 aliphatic carbocycles. The van der Waals surface area contributed by atoms with Gasteiger partial charge in [-0.05, 0) is 12.3 Å². The Hall–Kier alpha value is -1.40. The fourth-order valence-corrected chi connectivity index (χ4v) is 1.93. The lowest BCUT2D eigenvalue weighted by Crippen LogP contribution is -2.32. The van der Waals surface area contributed by atoms with Gasteiger partial charge in [-0.15, -0.1) is 0 Å². The molecular weight excluding hydrogens is 285 g/mol. The summed E-state index contributed by atoms with van der Waals surface area (Å²) in [5, 5.41) is 10.8. The molecular formula is C13H19ClFN3O2. The fourth-order valence-electron chi connectivity index (χ4n) is 1.77. The van der Waals surface area contributed by atoms with E-state index < -0.39 is 10.7 Å². The van der Waals surface area contributed by atoms with Crippen molar-refractivity contribution in [3.63, 3.8) is 0 Å². The number of nitrogens with zero attached hydrogens (tertiary/aromatic N) is 2. The van der Waals surface area contributed by atoms with E-state index in [9.17, 15) is 14.5 Å². The number of anilines is 1. The topological polar surface area (TPSA) is 72.4 Å². The molecule has 1 aromatic rings. The molecule has 0 radical (unpaired) electrons. The van der Waals surface area contributed by atoms with Gasteiger partial charge in [-0.3, -0.25) is 10.1 Å². The van der Waals surface area contributed by atoms with E-state index >= 15 is 0 Å². The highest BCUT2D eigenvalue weighted by molar-refractivity contribution is 6.31. The van der Waals surface area contributed by atoms with E-state index in [1.54, 1.807) is 11.9 Å². The van der Waals surface area contributed by atoms with Crippen molar-refractivity contribution >= 4 is 23.0 Å². The molecule has 0 amide bonds. The summed E-state index contributed by atoms with van der Waals surface area (Å²) in [4.78, 5) is 12.1. The van der Waals surface area contributed by atoms with Gasteiger partial charge in [-0.25, -0.2) is 4.39 Å². The molecule has 0 fully saturated rings. The Labute approximate surface area is 122 Å². The van der Waals surface area contributed by atoms with Crippen molar-refractivity contribution in [2.45, 2.75) is 26.3 Å². The largest absolute Gasteiger partial charge is 0.369 e. The van der Waals surface area contributed by atoms with Crippen molar-refractivity contribution < 1.29 is 9.31 Å². The highest BCUT2D eigenvalue weighted by atomic mass is 35.5. The van der Waals surface area contributed by atoms with Crippen LogP contribution in [-0.2, 0) is 0 Å². The molecule has 5 nitrogen and oxygen atoms in total. The Morgan fingerprint density at radius 3 is 2.60 bits per heavy atom. The first kappa shape index (κ1) is 16.7. The first-order valence-electron chi connectivity index (χ1n) is 6.34. The molecule has 112 valence electrons. The standard InChI is InChI=1S/C13H19ClFN3O2/c1-8(2)11(16)4-5-17(3)12-7-10(15)9(14)6-13(12)18(19)20/h6-8,11H,4-5,16H2,1-3H3. The van der Waals surface area contributed by atoms with Gasteiger partial charge < -0.3 is 10.6 Å². The average molecular weight is 304 g/mol. The monoisotopic (exact) mass is 303 g/mol. The van der Waals surface area contributed by atoms with E-state index in [4.69, 9.17) is 17.3 Å². The quantitative estimate of drug-likeness (QED) is 0.647. The zero-order valence-electron chi connectivity index (χ0n) is 11.8. The maximum Gasteiger partial charge on any atom is 0.294 e. The van der Waals surface area contributed by atoms with Gasteiger partial charge in [0.15, 0.2) is 0 Å². The number of hydrogen-bond donors (Lipinski definition) is 1. The van der Waals surface area contributed by atoms with Crippen molar-refractivity contribution in [2.75, 3.05) is 18.5 Å². The Morgan fingerprint density at radius 1 is 1.50 bits per heavy atom. The second-order valence-corrected chi connectivity index (χ2v) is 5.54. The average Bonchev–Trinajstić information content (AvgIpc) is 2.37. The Kier molecular flexibility index (Phi) is 5.71. The lowest BCUT2D eigenvalue weighted by atomic mass is 10.0. The minimum atomic E-state index is -0.674. The molecule has 0 aromatic heterocycles. The maximum atomic E-state index is 13.5. The molecule has 0 spiro atoms. The minimum Gasteiger partial charge on any atom is -0.369 e. The molecule has 1 rings (SSSR count). The van der Waals surface area contributed by atoms with Gasteiger partial charge in [0.25, 0.3) is 5.69 Å². The summed E-state index contributed by atoms with van der Waals surface area (Å²) >= 11 is 5.59. The van der Waals surface area contributed by atoms with Crippen LogP contribution in [-0.4, -0.2) is 24.6 Å². The lowest BCUT2D eigenvalue weighted by molar-refractivity contribution is -0.384. The van der Waals surface area contributed by atoms with E-state index in [0.717, 1.165) is 12.1 Å². The summed E-state index contributed by atoms with van der Waals surface area (Å²) in [6, 6.07) is 2.11. The number of hydrogen-bond acceptors (Lipinski definition) is 4. The van der Waals surface area contributed by atoms with Crippen LogP contribution in [0.1, 0.15) is 20.3 Å². The number of nitro benzene ring substituents is 1. The smallest absolute Gasteiger partial charge is 0.294 e. The van der Waals surface area contributed by atoms with Crippen molar-refractivity contribution in [3.8, 4) is 0 Å². The molecule has 7 heteroatoms. The molecule has 0 aliphatic rings. The third kappa shape index (κ3) is 4.05. The van der Waals surface area contributed by atoms with Crippen LogP contribution in [0.15, 0.2) is 12.1 Å². The lowest BCUT2D eigenvalue weighted by Gasteiger charge is -2.23. The van der Waals surface area contributed by atoms with Crippen LogP contribution in [0.5, 0.6) is 0 Å². The summed E-state index contributed by atoms with van der Waals surface area (Å²) in [6.07, 6.45) is 0.662. The zero-order valence-corrected chi connectivity index (χ0v) is 12.5. The van der Waals surface area contributed by atoms with Crippen LogP contribution in [0.3, 0.4) is 0 Å². The number of nitro groups is 1. The van der Waals surface area contributed by atoms with E-state index in [2.05, 4.69) is 0 Å². The predicted octanol–water partition coefficient (Wildman–Crippen LogP) is 3.20. The van der Waals surface area contributed by atoms with Crippen LogP contribution in [0, 0.1) is 21.8 Å². The van der Waals surface area contributed by atoms with E-state index in [1.165, 1.54) is 0 Å². The predicted molar refractivity (Wildman–Crippen MR) is 78.8 cm³/mol. The van der Waals surface area contributed by atoms with Gasteiger partial charge >= 0.3 is 0 Å². The van der Waals surface area contributed by atoms with Gasteiger partial charge in [-0.2, -0.15) is 0 Å². The number of rotatable bonds is 6. The minimum absolute atomic E-state index is 0.00588. The summed E-state index contributed by atoms with van der Waals surface area (Å²) in [5.41, 5.74) is 5.93. The third-order valence-corrected chi connectivity index (χ3v) is 3.57. The number of benzene rings is 1. The van der Waals surface area contributed by atoms with Gasteiger partial charge in [0.2, 0.25) is 0 Å². The Balaban J connectivity index is 2.94. The molecule has 20 heavy (non-hydrogen) atoms. The van der Waals surface area contributed by atoms with Crippen molar-refractivity contribution in [3.05, 3.63) is 33.1 Å². The van der Waals surface area contributed by atoms with Crippen molar-refractivity contribution in [2.24, 2.45) is 11.7 Å². The van der Waals surface area contributed by atoms with E-state index in [1.807, 2.05) is 13.8 Å². The van der Waals surface area contributed by atoms with Crippen LogP contribution in [0.2, 0.25) is 5.02 Å². The summed E-state index contributed by atoms with van der Waals surface area (Å²) in [6.45, 7) is 4.52. The van der Waals surface area contributed by atoms with E-state index in [0.29, 0.717) is 18.9 Å². The first-order valence-corrected chi connectivity index (χ1v) is 6.72. The molecule has 1 atom stereocenters. The van der Waals surface area contributed by atoms with Crippen molar-refractivity contribution in [1.29, 1.82) is 0 Å². The number of nitrogens with two attached hydrogens (primary N) is 1. The summed E-state index contributed by atoms with van der Waals surface area (Å²) in [7, 11) is 1.67. The van der Waals surface area contributed by atoms with Crippen LogP contribution < -0.4 is 10.6 Å². The highest BCUT2D eigenvalue weighted by Gasteiger charge is 2.21. The summed E-state index contributed by atoms with van der Waals surface area (Å²) in [5.74, 6) is -0.354. The molecule has 0 heterocycles. The molecule has 0 saturated carbocycles. The Bertz CT molecular complexity index is 497. The maximum absolute atomic E-state index is 13.5. The molecule has 1 unspecified atom stereocenters. The zero-order chi connectivity index (χ0) is 15.4. The van der Waals surface area contributed by atoms with Crippen LogP contribution in [0.4, 0.5) is 15.8 Å². The fraction of sp³-hybridized carbons (Fsp3) is 0.538. The Morgan fingerprint density at radius 2 is 2.10 bits per heavy atom. The second-order valence-electron chi connectivity index (χ2n) is 5.13. The third-order valence-electron chi connectivity index (χ3n) is 3.28. The molecule has 0 bridgehead atoms. The normalized spacial score (nSPS) is 12.6. The molecule has 1 aromatic carbocycles. The molecule has 0 aliphatic heterocycles. The molecule has 0 saturated heterocycles. The van der Waals surface area contributed by atoms with Gasteiger partial charge in [0, 0.05) is 31.8 Å². The highest BCUT2D eigenvalue weighted by Crippen LogP contribution is 2.32. The van der Waals surface area contributed by atoms with Crippen LogP contribution >= 0.6 is 11.6 Å². The van der Waals surface area contributed by atoms with Crippen molar-refractivity contribution in [1.82, 2.24) is 0 Å². The number of halogens is 2. The first-order chi connectivity index (χ1) is 9.23. The van der Waals surface area contributed by atoms with Gasteiger partial charge in [0.1, 0.15) is 11.5 Å². The molecule has 2 N–H and O–H groups in total. The SMILES string of the molecule is CC(C)C(N)CCN(C)c1cc(F)c(Cl)cc1[N+](=O)[O-]. The van der Waals surface area contributed by atoms with Gasteiger partial charge in [-0.1, -0.05) is 25.4 Å². The van der Waals surface area contributed by atoms with E-state index in [-0.39, 0.29) is 22.4 Å². The van der Waals surface area contributed by atoms with Gasteiger partial charge in [0.05, 0.1) is 9.95 Å². The summed E-state index contributed by atoms with van der Waals surface area (Å²) < 4.78 is 13.5.